The average molecular weight is 614 g/mol. The van der Waals surface area contributed by atoms with Gasteiger partial charge in [0.2, 0.25) is 6.73 Å². The summed E-state index contributed by atoms with van der Waals surface area (Å²) < 4.78 is 39.8. The molecule has 1 saturated carbocycles. The van der Waals surface area contributed by atoms with Crippen molar-refractivity contribution in [3.05, 3.63) is 64.2 Å². The van der Waals surface area contributed by atoms with E-state index in [1.165, 1.54) is 6.07 Å². The van der Waals surface area contributed by atoms with Crippen molar-refractivity contribution in [3.8, 4) is 0 Å². The number of nitrogens with zero attached hydrogens (tertiary/aromatic N) is 2. The van der Waals surface area contributed by atoms with Crippen LogP contribution in [-0.2, 0) is 25.5 Å². The fraction of sp³-hybridized carbons (Fsp3) is 0.467. The maximum absolute atomic E-state index is 13.8. The Labute approximate surface area is 252 Å². The van der Waals surface area contributed by atoms with Crippen molar-refractivity contribution in [3.63, 3.8) is 0 Å². The summed E-state index contributed by atoms with van der Waals surface area (Å²) >= 11 is 0. The first-order chi connectivity index (χ1) is 20.6. The molecule has 2 atom stereocenters. The van der Waals surface area contributed by atoms with E-state index in [1.807, 2.05) is 4.57 Å². The second kappa shape index (κ2) is 10.1. The first-order valence-corrected chi connectivity index (χ1v) is 14.3. The summed E-state index contributed by atoms with van der Waals surface area (Å²) in [5.41, 5.74) is 4.81. The van der Waals surface area contributed by atoms with Gasteiger partial charge in [-0.2, -0.15) is 5.01 Å². The highest BCUT2D eigenvalue weighted by Crippen LogP contribution is 2.64. The van der Waals surface area contributed by atoms with Crippen molar-refractivity contribution in [2.24, 2.45) is 10.8 Å². The normalized spacial score (nSPS) is 22.7. The molecule has 14 heteroatoms. The molecule has 0 radical (unpaired) electrons. The predicted octanol–water partition coefficient (Wildman–Crippen LogP) is 1.59. The molecule has 5 N–H and O–H groups in total. The van der Waals surface area contributed by atoms with Crippen LogP contribution < -0.4 is 21.6 Å². The predicted molar refractivity (Wildman–Crippen MR) is 150 cm³/mol. The van der Waals surface area contributed by atoms with Crippen molar-refractivity contribution in [1.82, 2.24) is 20.3 Å². The number of hydrogen-bond donors (Lipinski definition) is 4. The van der Waals surface area contributed by atoms with Crippen LogP contribution in [0.15, 0.2) is 30.1 Å². The largest absolute Gasteiger partial charge is 0.439 e. The fourth-order valence-corrected chi connectivity index (χ4v) is 6.06. The Morgan fingerprint density at radius 1 is 1.18 bits per heavy atom. The number of carbonyl (C=O) groups is 4. The van der Waals surface area contributed by atoms with Crippen LogP contribution in [-0.4, -0.2) is 58.6 Å². The van der Waals surface area contributed by atoms with E-state index in [0.29, 0.717) is 23.4 Å². The van der Waals surface area contributed by atoms with Gasteiger partial charge in [0.1, 0.15) is 16.9 Å². The van der Waals surface area contributed by atoms with E-state index >= 15 is 0 Å². The lowest BCUT2D eigenvalue weighted by molar-refractivity contribution is -0.827. The van der Waals surface area contributed by atoms with Crippen molar-refractivity contribution in [1.29, 1.82) is 0 Å². The summed E-state index contributed by atoms with van der Waals surface area (Å²) in [6.07, 6.45) is 3.01. The Bertz CT molecular complexity index is 1640. The minimum absolute atomic E-state index is 0.0142. The van der Waals surface area contributed by atoms with Gasteiger partial charge in [0.05, 0.1) is 30.4 Å². The molecule has 234 valence electrons. The maximum atomic E-state index is 13.8. The molecule has 4 aliphatic rings. The van der Waals surface area contributed by atoms with Crippen molar-refractivity contribution >= 4 is 29.3 Å². The van der Waals surface area contributed by atoms with E-state index in [4.69, 9.17) is 9.47 Å². The Balaban J connectivity index is 1.22. The van der Waals surface area contributed by atoms with Gasteiger partial charge in [-0.05, 0) is 63.6 Å². The number of nitrogens with one attached hydrogen (secondary N) is 3. The van der Waals surface area contributed by atoms with Crippen LogP contribution >= 0.6 is 0 Å². The number of hydrogen-bond acceptors (Lipinski definition) is 8. The lowest BCUT2D eigenvalue weighted by atomic mass is 9.92. The van der Waals surface area contributed by atoms with E-state index < -0.39 is 40.2 Å². The summed E-state index contributed by atoms with van der Waals surface area (Å²) in [6.45, 7) is 9.12. The summed E-state index contributed by atoms with van der Waals surface area (Å²) in [6, 6.07) is 3.04. The third-order valence-electron chi connectivity index (χ3n) is 8.77. The van der Waals surface area contributed by atoms with E-state index in [1.54, 1.807) is 44.4 Å². The summed E-state index contributed by atoms with van der Waals surface area (Å²) in [5, 5.41) is 7.05. The molecule has 12 nitrogen and oxygen atoms in total. The average Bonchev–Trinajstić information content (AvgIpc) is 3.19. The second-order valence-electron chi connectivity index (χ2n) is 13.3. The van der Waals surface area contributed by atoms with Gasteiger partial charge in [0, 0.05) is 23.5 Å². The monoisotopic (exact) mass is 613 g/mol. The van der Waals surface area contributed by atoms with Gasteiger partial charge in [-0.3, -0.25) is 19.2 Å². The van der Waals surface area contributed by atoms with Crippen LogP contribution in [0.4, 0.5) is 14.5 Å². The number of Topliss-reactive ketones (excluding diaryl/α,β-unsaturated/α-hetero) is 1. The molecule has 1 aromatic heterocycles. The Morgan fingerprint density at radius 2 is 1.91 bits per heavy atom. The number of aromatic nitrogens is 1. The molecule has 1 aromatic carbocycles. The number of benzene rings is 1. The molecule has 6 rings (SSSR count). The number of ether oxygens (including phenoxy) is 2. The summed E-state index contributed by atoms with van der Waals surface area (Å²) in [7, 11) is 0. The molecule has 2 amide bonds. The zero-order valence-corrected chi connectivity index (χ0v) is 25.1. The minimum Gasteiger partial charge on any atom is -0.439 e. The number of rotatable bonds is 8. The van der Waals surface area contributed by atoms with Gasteiger partial charge in [0.25, 0.3) is 17.6 Å². The van der Waals surface area contributed by atoms with Gasteiger partial charge in [-0.15, -0.1) is 5.53 Å². The molecule has 2 fully saturated rings. The van der Waals surface area contributed by atoms with Crippen LogP contribution in [0, 0.1) is 29.4 Å². The highest BCUT2D eigenvalue weighted by Gasteiger charge is 2.59. The topological polar surface area (TPSA) is 148 Å². The molecular formula is C30H35F2N6O6+. The molecule has 0 bridgehead atoms. The molecule has 4 heterocycles. The third kappa shape index (κ3) is 4.91. The molecule has 1 saturated heterocycles. The van der Waals surface area contributed by atoms with Gasteiger partial charge in [0.15, 0.2) is 11.6 Å². The minimum atomic E-state index is -1.10. The van der Waals surface area contributed by atoms with Gasteiger partial charge in [-0.1, -0.05) is 6.92 Å². The SMILES string of the molecule is Cc1c(C(=O)C(=O)NC2(C3=CN(COC(=O)C(C)(C)C)[NH2+]N3)COC2)c2n(c1C(=O)Nc1ccc(F)c(F)c1)C1CC1(C)C2. The van der Waals surface area contributed by atoms with Crippen LogP contribution in [0.1, 0.15) is 72.3 Å². The standard InChI is InChI=1S/C30H34F2N6O6/c1-15-22(19-9-29(5)10-21(29)38(19)23(15)25(40)33-16-6-7-17(31)18(32)8-16)24(39)26(41)34-30(12-43-13-30)20-11-37(36-35-20)14-44-27(42)28(2,3)4/h6-8,11,21,35-36H,9-10,12-14H2,1-5H3,(H,33,40)(H,34,41)/p+1. The lowest BCUT2D eigenvalue weighted by Crippen LogP contribution is -2.97. The Kier molecular flexibility index (Phi) is 6.85. The summed E-state index contributed by atoms with van der Waals surface area (Å²) in [5.74, 6) is -4.74. The number of quaternary nitrogens is 1. The van der Waals surface area contributed by atoms with Crippen LogP contribution in [0.3, 0.4) is 0 Å². The highest BCUT2D eigenvalue weighted by molar-refractivity contribution is 6.44. The van der Waals surface area contributed by atoms with Gasteiger partial charge in [-0.25, -0.2) is 14.2 Å². The van der Waals surface area contributed by atoms with Crippen molar-refractivity contribution in [2.45, 2.75) is 59.0 Å². The number of anilines is 1. The fourth-order valence-electron chi connectivity index (χ4n) is 6.06. The molecule has 1 aliphatic carbocycles. The zero-order valence-electron chi connectivity index (χ0n) is 25.1. The van der Waals surface area contributed by atoms with E-state index in [2.05, 4.69) is 23.0 Å². The lowest BCUT2D eigenvalue weighted by Gasteiger charge is -2.41. The van der Waals surface area contributed by atoms with Gasteiger partial charge >= 0.3 is 5.97 Å². The highest BCUT2D eigenvalue weighted by atomic mass is 19.2. The molecule has 3 aliphatic heterocycles. The third-order valence-corrected chi connectivity index (χ3v) is 8.77. The zero-order chi connectivity index (χ0) is 31.8. The van der Waals surface area contributed by atoms with Crippen molar-refractivity contribution in [2.75, 3.05) is 25.3 Å². The van der Waals surface area contributed by atoms with Crippen LogP contribution in [0.5, 0.6) is 0 Å². The van der Waals surface area contributed by atoms with Crippen molar-refractivity contribution < 1.29 is 43.0 Å². The Morgan fingerprint density at radius 3 is 2.55 bits per heavy atom. The number of halogens is 2. The van der Waals surface area contributed by atoms with E-state index in [0.717, 1.165) is 18.6 Å². The van der Waals surface area contributed by atoms with E-state index in [9.17, 15) is 28.0 Å². The van der Waals surface area contributed by atoms with Gasteiger partial charge < -0.3 is 24.7 Å². The second-order valence-corrected chi connectivity index (χ2v) is 13.3. The number of amides is 2. The first-order valence-electron chi connectivity index (χ1n) is 14.3. The number of esters is 1. The molecule has 0 spiro atoms. The molecule has 2 unspecified atom stereocenters. The summed E-state index contributed by atoms with van der Waals surface area (Å²) in [4.78, 5) is 53.0. The molecule has 2 aromatic rings. The number of nitrogens with two attached hydrogens (primary N) is 1. The first kappa shape index (κ1) is 29.8. The Hall–Kier alpha value is -4.30. The number of carbonyl (C=O) groups excluding carboxylic acids is 4. The molecule has 44 heavy (non-hydrogen) atoms. The molecular weight excluding hydrogens is 578 g/mol. The maximum Gasteiger partial charge on any atom is 0.313 e. The van der Waals surface area contributed by atoms with Crippen LogP contribution in [0.25, 0.3) is 0 Å². The number of ketones is 1. The van der Waals surface area contributed by atoms with Crippen LogP contribution in [0.2, 0.25) is 0 Å². The quantitative estimate of drug-likeness (QED) is 0.152. The number of fused-ring (bicyclic) bond motifs is 3. The van der Waals surface area contributed by atoms with E-state index in [-0.39, 0.29) is 54.3 Å². The smallest absolute Gasteiger partial charge is 0.313 e.